The molecule has 0 aromatic rings. The van der Waals surface area contributed by atoms with Crippen LogP contribution < -0.4 is 5.11 Å². The van der Waals surface area contributed by atoms with Crippen LogP contribution >= 0.6 is 0 Å². The van der Waals surface area contributed by atoms with Crippen molar-refractivity contribution in [2.24, 2.45) is 0 Å². The van der Waals surface area contributed by atoms with Crippen molar-refractivity contribution in [2.75, 3.05) is 14.2 Å². The fourth-order valence-electron chi connectivity index (χ4n) is 3.73. The quantitative estimate of drug-likeness (QED) is 0.191. The minimum atomic E-state index is -0.602. The van der Waals surface area contributed by atoms with Crippen LogP contribution in [0.2, 0.25) is 0 Å². The number of amides is 3. The van der Waals surface area contributed by atoms with Gasteiger partial charge >= 0.3 is 17.7 Å². The fraction of sp³-hybridized carbons (Fsp3) is 0.885. The van der Waals surface area contributed by atoms with Gasteiger partial charge in [-0.25, -0.2) is 14.4 Å². The SMILES string of the molecule is CCCCCCCC(=O)[N+](C)(C(=O)CCCCCCC)C(=O)CCCCCCC.C[O-]. The summed E-state index contributed by atoms with van der Waals surface area (Å²) in [6.07, 6.45) is 16.7. The molecule has 3 amide bonds. The number of nitrogens with zero attached hydrogens (tertiary/aromatic N) is 1. The molecule has 0 aliphatic rings. The molecule has 0 aliphatic heterocycles. The van der Waals surface area contributed by atoms with Crippen LogP contribution in [0.25, 0.3) is 0 Å². The molecule has 0 aromatic carbocycles. The van der Waals surface area contributed by atoms with E-state index in [4.69, 9.17) is 5.11 Å². The second-order valence-corrected chi connectivity index (χ2v) is 8.68. The lowest BCUT2D eigenvalue weighted by atomic mass is 10.1. The summed E-state index contributed by atoms with van der Waals surface area (Å²) in [5.41, 5.74) is 0. The molecular weight excluding hydrogens is 390 g/mol. The number of rotatable bonds is 18. The van der Waals surface area contributed by atoms with Gasteiger partial charge in [0.15, 0.2) is 0 Å². The van der Waals surface area contributed by atoms with Gasteiger partial charge in [-0.2, -0.15) is 7.11 Å². The largest absolute Gasteiger partial charge is 0.857 e. The minimum Gasteiger partial charge on any atom is -0.857 e. The normalized spacial score (nSPS) is 11.0. The Morgan fingerprint density at radius 3 is 0.935 bits per heavy atom. The van der Waals surface area contributed by atoms with Crippen LogP contribution in [0.3, 0.4) is 0 Å². The molecule has 0 spiro atoms. The molecular formula is C26H51NO4. The summed E-state index contributed by atoms with van der Waals surface area (Å²) in [5, 5.41) is 8.25. The first-order chi connectivity index (χ1) is 14.9. The third-order valence-electron chi connectivity index (χ3n) is 5.98. The maximum Gasteiger partial charge on any atom is 0.328 e. The van der Waals surface area contributed by atoms with Gasteiger partial charge in [0.2, 0.25) is 0 Å². The van der Waals surface area contributed by atoms with E-state index in [1.54, 1.807) is 7.05 Å². The molecule has 0 atom stereocenters. The van der Waals surface area contributed by atoms with Gasteiger partial charge in [0.1, 0.15) is 0 Å². The highest BCUT2D eigenvalue weighted by Crippen LogP contribution is 2.20. The van der Waals surface area contributed by atoms with E-state index in [9.17, 15) is 14.4 Å². The van der Waals surface area contributed by atoms with E-state index in [1.807, 2.05) is 0 Å². The van der Waals surface area contributed by atoms with E-state index in [0.29, 0.717) is 19.3 Å². The number of hydrogen-bond acceptors (Lipinski definition) is 4. The number of carbonyl (C=O) groups excluding carboxylic acids is 3. The van der Waals surface area contributed by atoms with Crippen LogP contribution in [0.4, 0.5) is 0 Å². The van der Waals surface area contributed by atoms with E-state index in [-0.39, 0.29) is 17.7 Å². The summed E-state index contributed by atoms with van der Waals surface area (Å²) < 4.78 is -0.602. The first-order valence-corrected chi connectivity index (χ1v) is 12.8. The zero-order chi connectivity index (χ0) is 24.0. The average Bonchev–Trinajstić information content (AvgIpc) is 2.78. The van der Waals surface area contributed by atoms with Crippen molar-refractivity contribution >= 4 is 17.7 Å². The molecule has 0 rings (SSSR count). The molecule has 0 aliphatic carbocycles. The van der Waals surface area contributed by atoms with Gasteiger partial charge in [-0.15, -0.1) is 4.48 Å². The molecule has 0 fully saturated rings. The van der Waals surface area contributed by atoms with Crippen LogP contribution in [-0.4, -0.2) is 36.4 Å². The number of hydrogen-bond donors (Lipinski definition) is 0. The highest BCUT2D eigenvalue weighted by atomic mass is 16.2. The molecule has 0 bridgehead atoms. The molecule has 0 saturated heterocycles. The smallest absolute Gasteiger partial charge is 0.328 e. The van der Waals surface area contributed by atoms with Gasteiger partial charge in [0.05, 0.1) is 26.3 Å². The Morgan fingerprint density at radius 1 is 0.484 bits per heavy atom. The van der Waals surface area contributed by atoms with Gasteiger partial charge in [-0.05, 0) is 19.3 Å². The zero-order valence-electron chi connectivity index (χ0n) is 21.3. The Labute approximate surface area is 192 Å². The molecule has 0 heterocycles. The average molecular weight is 442 g/mol. The van der Waals surface area contributed by atoms with E-state index in [0.717, 1.165) is 84.2 Å². The van der Waals surface area contributed by atoms with E-state index < -0.39 is 4.48 Å². The summed E-state index contributed by atoms with van der Waals surface area (Å²) in [4.78, 5) is 38.9. The van der Waals surface area contributed by atoms with E-state index in [2.05, 4.69) is 20.8 Å². The molecule has 0 aromatic heterocycles. The lowest BCUT2D eigenvalue weighted by molar-refractivity contribution is -0.681. The predicted molar refractivity (Wildman–Crippen MR) is 127 cm³/mol. The van der Waals surface area contributed by atoms with Gasteiger partial charge in [-0.1, -0.05) is 97.8 Å². The maximum absolute atomic E-state index is 13.0. The summed E-state index contributed by atoms with van der Waals surface area (Å²) in [5.74, 6) is -0.587. The lowest BCUT2D eigenvalue weighted by Gasteiger charge is -2.26. The number of unbranched alkanes of at least 4 members (excludes halogenated alkanes) is 12. The van der Waals surface area contributed by atoms with Crippen LogP contribution in [0, 0.1) is 0 Å². The van der Waals surface area contributed by atoms with Crippen molar-refractivity contribution in [1.29, 1.82) is 0 Å². The third-order valence-corrected chi connectivity index (χ3v) is 5.98. The summed E-state index contributed by atoms with van der Waals surface area (Å²) >= 11 is 0. The number of imide groups is 3. The highest BCUT2D eigenvalue weighted by molar-refractivity contribution is 5.97. The second kappa shape index (κ2) is 22.1. The van der Waals surface area contributed by atoms with Crippen molar-refractivity contribution in [2.45, 2.75) is 136 Å². The van der Waals surface area contributed by atoms with Crippen molar-refractivity contribution < 1.29 is 24.0 Å². The van der Waals surface area contributed by atoms with Gasteiger partial charge in [-0.3, -0.25) is 0 Å². The van der Waals surface area contributed by atoms with E-state index in [1.165, 1.54) is 19.3 Å². The monoisotopic (exact) mass is 441 g/mol. The third kappa shape index (κ3) is 14.6. The molecule has 0 N–H and O–H groups in total. The Hall–Kier alpha value is -1.07. The first kappa shape index (κ1) is 32.1. The Balaban J connectivity index is 0. The minimum absolute atomic E-state index is 0.196. The Morgan fingerprint density at radius 2 is 0.710 bits per heavy atom. The standard InChI is InChI=1S/C25H48NO3.CH3O/c1-5-8-11-14-17-20-23(27)26(4,24(28)21-18-15-12-9-6-2)25(29)22-19-16-13-10-7-3;1-2/h5-22H2,1-4H3;1H3/q+1;-1. The van der Waals surface area contributed by atoms with Crippen molar-refractivity contribution in [3.63, 3.8) is 0 Å². The van der Waals surface area contributed by atoms with Gasteiger partial charge in [0.25, 0.3) is 0 Å². The first-order valence-electron chi connectivity index (χ1n) is 12.8. The molecule has 31 heavy (non-hydrogen) atoms. The molecule has 5 nitrogen and oxygen atoms in total. The molecule has 0 saturated carbocycles. The number of carbonyl (C=O) groups is 3. The fourth-order valence-corrected chi connectivity index (χ4v) is 3.73. The van der Waals surface area contributed by atoms with Crippen molar-refractivity contribution in [3.05, 3.63) is 0 Å². The Bertz CT molecular complexity index is 398. The molecule has 0 unspecified atom stereocenters. The zero-order valence-corrected chi connectivity index (χ0v) is 21.3. The van der Waals surface area contributed by atoms with E-state index >= 15 is 0 Å². The maximum atomic E-state index is 13.0. The topological polar surface area (TPSA) is 74.3 Å². The van der Waals surface area contributed by atoms with Crippen molar-refractivity contribution in [1.82, 2.24) is 0 Å². The highest BCUT2D eigenvalue weighted by Gasteiger charge is 2.45. The molecule has 0 radical (unpaired) electrons. The van der Waals surface area contributed by atoms with Crippen molar-refractivity contribution in [3.8, 4) is 0 Å². The van der Waals surface area contributed by atoms with Crippen LogP contribution in [0.1, 0.15) is 136 Å². The van der Waals surface area contributed by atoms with Gasteiger partial charge in [0, 0.05) is 0 Å². The van der Waals surface area contributed by atoms with Gasteiger partial charge < -0.3 is 5.11 Å². The molecule has 184 valence electrons. The van der Waals surface area contributed by atoms with Crippen LogP contribution in [-0.2, 0) is 14.4 Å². The number of quaternary nitrogens is 1. The second-order valence-electron chi connectivity index (χ2n) is 8.68. The summed E-state index contributed by atoms with van der Waals surface area (Å²) in [7, 11) is 2.32. The van der Waals surface area contributed by atoms with Crippen LogP contribution in [0.5, 0.6) is 0 Å². The lowest BCUT2D eigenvalue weighted by Crippen LogP contribution is -2.57. The Kier molecular flexibility index (Phi) is 22.9. The summed E-state index contributed by atoms with van der Waals surface area (Å²) in [6.45, 7) is 6.49. The summed E-state index contributed by atoms with van der Waals surface area (Å²) in [6, 6.07) is 0. The predicted octanol–water partition coefficient (Wildman–Crippen LogP) is 6.07. The van der Waals surface area contributed by atoms with Crippen LogP contribution in [0.15, 0.2) is 0 Å². The molecule has 5 heteroatoms.